The fraction of sp³-hybridized carbons (Fsp3) is 0.429. The molecule has 0 saturated carbocycles. The number of hydrogen-bond donors (Lipinski definition) is 2. The highest BCUT2D eigenvalue weighted by atomic mass is 35.5. The van der Waals surface area contributed by atoms with Crippen LogP contribution in [0.4, 0.5) is 0 Å². The summed E-state index contributed by atoms with van der Waals surface area (Å²) in [6.07, 6.45) is 0.965. The Kier molecular flexibility index (Phi) is 6.82. The molecule has 0 saturated heterocycles. The smallest absolute Gasteiger partial charge is 0.239 e. The molecule has 0 fully saturated rings. The lowest BCUT2D eigenvalue weighted by atomic mass is 10.1. The molecule has 4 nitrogen and oxygen atoms in total. The molecule has 2 amide bonds. The minimum absolute atomic E-state index is 0.00857. The van der Waals surface area contributed by atoms with Crippen molar-refractivity contribution in [1.29, 1.82) is 0 Å². The summed E-state index contributed by atoms with van der Waals surface area (Å²) in [5.41, 5.74) is 0.918. The van der Waals surface area contributed by atoms with Crippen LogP contribution in [-0.2, 0) is 16.0 Å². The first-order chi connectivity index (χ1) is 9.42. The van der Waals surface area contributed by atoms with Gasteiger partial charge in [0.2, 0.25) is 11.8 Å². The van der Waals surface area contributed by atoms with Gasteiger partial charge in [0.1, 0.15) is 0 Å². The molecule has 2 N–H and O–H groups in total. The van der Waals surface area contributed by atoms with E-state index in [4.69, 9.17) is 23.2 Å². The van der Waals surface area contributed by atoms with Crippen molar-refractivity contribution in [2.24, 2.45) is 0 Å². The van der Waals surface area contributed by atoms with Gasteiger partial charge in [-0.1, -0.05) is 36.2 Å². The van der Waals surface area contributed by atoms with Gasteiger partial charge in [-0.05, 0) is 31.0 Å². The molecule has 110 valence electrons. The molecule has 0 aromatic heterocycles. The first-order valence-corrected chi connectivity index (χ1v) is 7.18. The second kappa shape index (κ2) is 8.12. The van der Waals surface area contributed by atoms with Crippen LogP contribution in [0.25, 0.3) is 0 Å². The molecule has 0 unspecified atom stereocenters. The van der Waals surface area contributed by atoms with Gasteiger partial charge < -0.3 is 10.6 Å². The number of rotatable bonds is 6. The zero-order valence-corrected chi connectivity index (χ0v) is 13.0. The summed E-state index contributed by atoms with van der Waals surface area (Å²) < 4.78 is 0. The highest BCUT2D eigenvalue weighted by molar-refractivity contribution is 6.35. The number of carbonyl (C=O) groups is 2. The molecule has 0 radical (unpaired) electrons. The van der Waals surface area contributed by atoms with Crippen LogP contribution in [0.15, 0.2) is 18.2 Å². The number of hydrogen-bond acceptors (Lipinski definition) is 2. The van der Waals surface area contributed by atoms with Crippen LogP contribution in [0.2, 0.25) is 10.0 Å². The Labute approximate surface area is 128 Å². The summed E-state index contributed by atoms with van der Waals surface area (Å²) >= 11 is 11.9. The first kappa shape index (κ1) is 16.8. The van der Waals surface area contributed by atoms with E-state index in [1.54, 1.807) is 19.1 Å². The van der Waals surface area contributed by atoms with E-state index in [2.05, 4.69) is 10.6 Å². The van der Waals surface area contributed by atoms with E-state index in [9.17, 15) is 9.59 Å². The molecule has 0 aliphatic heterocycles. The predicted octanol–water partition coefficient (Wildman–Crippen LogP) is 2.57. The maximum Gasteiger partial charge on any atom is 0.239 e. The Morgan fingerprint density at radius 1 is 1.25 bits per heavy atom. The van der Waals surface area contributed by atoms with Crippen molar-refractivity contribution in [1.82, 2.24) is 10.6 Å². The lowest BCUT2D eigenvalue weighted by Crippen LogP contribution is -2.41. The molecule has 6 heteroatoms. The van der Waals surface area contributed by atoms with Crippen molar-refractivity contribution >= 4 is 35.0 Å². The fourth-order valence-corrected chi connectivity index (χ4v) is 2.18. The van der Waals surface area contributed by atoms with Crippen LogP contribution >= 0.6 is 23.2 Å². The third kappa shape index (κ3) is 5.80. The lowest BCUT2D eigenvalue weighted by molar-refractivity contribution is -0.126. The van der Waals surface area contributed by atoms with Gasteiger partial charge >= 0.3 is 0 Å². The molecule has 0 bridgehead atoms. The molecule has 0 heterocycles. The monoisotopic (exact) mass is 316 g/mol. The van der Waals surface area contributed by atoms with Crippen molar-refractivity contribution in [3.05, 3.63) is 33.8 Å². The van der Waals surface area contributed by atoms with Gasteiger partial charge in [0.05, 0.1) is 6.54 Å². The Morgan fingerprint density at radius 3 is 2.55 bits per heavy atom. The van der Waals surface area contributed by atoms with Crippen molar-refractivity contribution in [2.45, 2.75) is 32.7 Å². The molecule has 0 spiro atoms. The van der Waals surface area contributed by atoms with Gasteiger partial charge in [0, 0.05) is 22.5 Å². The Hall–Kier alpha value is -1.26. The largest absolute Gasteiger partial charge is 0.352 e. The van der Waals surface area contributed by atoms with Gasteiger partial charge in [-0.25, -0.2) is 0 Å². The van der Waals surface area contributed by atoms with Gasteiger partial charge in [-0.15, -0.1) is 0 Å². The van der Waals surface area contributed by atoms with Crippen LogP contribution in [0.5, 0.6) is 0 Å². The molecule has 1 aromatic rings. The third-order valence-electron chi connectivity index (χ3n) is 2.72. The Morgan fingerprint density at radius 2 is 1.95 bits per heavy atom. The first-order valence-electron chi connectivity index (χ1n) is 6.42. The van der Waals surface area contributed by atoms with E-state index in [1.807, 2.05) is 13.0 Å². The standard InChI is InChI=1S/C14H18Cl2N2O2/c1-3-13(19)17-8-14(20)18-9(2)6-10-4-5-11(15)7-12(10)16/h4-5,7,9H,3,6,8H2,1-2H3,(H,17,19)(H,18,20)/t9-/m1/s1. The number of halogens is 2. The zero-order valence-electron chi connectivity index (χ0n) is 11.5. The highest BCUT2D eigenvalue weighted by Crippen LogP contribution is 2.21. The molecule has 1 atom stereocenters. The number of amides is 2. The van der Waals surface area contributed by atoms with Crippen LogP contribution in [-0.4, -0.2) is 24.4 Å². The van der Waals surface area contributed by atoms with E-state index in [0.717, 1.165) is 5.56 Å². The van der Waals surface area contributed by atoms with Gasteiger partial charge in [0.25, 0.3) is 0 Å². The van der Waals surface area contributed by atoms with E-state index in [1.165, 1.54) is 0 Å². The Balaban J connectivity index is 2.44. The molecule has 1 rings (SSSR count). The number of nitrogens with one attached hydrogen (secondary N) is 2. The summed E-state index contributed by atoms with van der Waals surface area (Å²) in [4.78, 5) is 22.7. The number of carbonyl (C=O) groups excluding carboxylic acids is 2. The van der Waals surface area contributed by atoms with E-state index in [-0.39, 0.29) is 24.4 Å². The summed E-state index contributed by atoms with van der Waals surface area (Å²) in [6, 6.07) is 5.19. The topological polar surface area (TPSA) is 58.2 Å². The summed E-state index contributed by atoms with van der Waals surface area (Å²) in [5, 5.41) is 6.49. The quantitative estimate of drug-likeness (QED) is 0.847. The van der Waals surface area contributed by atoms with Gasteiger partial charge in [-0.3, -0.25) is 9.59 Å². The van der Waals surface area contributed by atoms with E-state index in [0.29, 0.717) is 22.9 Å². The van der Waals surface area contributed by atoms with E-state index >= 15 is 0 Å². The molecular formula is C14H18Cl2N2O2. The average molecular weight is 317 g/mol. The molecule has 0 aliphatic rings. The predicted molar refractivity (Wildman–Crippen MR) is 81.1 cm³/mol. The van der Waals surface area contributed by atoms with Crippen molar-refractivity contribution in [3.63, 3.8) is 0 Å². The van der Waals surface area contributed by atoms with Crippen molar-refractivity contribution < 1.29 is 9.59 Å². The fourth-order valence-electron chi connectivity index (χ4n) is 1.70. The molecule has 0 aliphatic carbocycles. The van der Waals surface area contributed by atoms with E-state index < -0.39 is 0 Å². The summed E-state index contributed by atoms with van der Waals surface area (Å²) in [5.74, 6) is -0.363. The van der Waals surface area contributed by atoms with Gasteiger partial charge in [-0.2, -0.15) is 0 Å². The Bertz CT molecular complexity index is 492. The lowest BCUT2D eigenvalue weighted by Gasteiger charge is -2.15. The van der Waals surface area contributed by atoms with Crippen LogP contribution in [0, 0.1) is 0 Å². The maximum absolute atomic E-state index is 11.6. The zero-order chi connectivity index (χ0) is 15.1. The van der Waals surface area contributed by atoms with Crippen LogP contribution < -0.4 is 10.6 Å². The minimum Gasteiger partial charge on any atom is -0.352 e. The van der Waals surface area contributed by atoms with Crippen LogP contribution in [0.1, 0.15) is 25.8 Å². The molecule has 20 heavy (non-hydrogen) atoms. The maximum atomic E-state index is 11.6. The average Bonchev–Trinajstić information content (AvgIpc) is 2.39. The molecule has 1 aromatic carbocycles. The molecular weight excluding hydrogens is 299 g/mol. The normalized spacial score (nSPS) is 11.8. The van der Waals surface area contributed by atoms with Crippen molar-refractivity contribution in [2.75, 3.05) is 6.54 Å². The summed E-state index contributed by atoms with van der Waals surface area (Å²) in [7, 11) is 0. The van der Waals surface area contributed by atoms with Gasteiger partial charge in [0.15, 0.2) is 0 Å². The van der Waals surface area contributed by atoms with Crippen LogP contribution in [0.3, 0.4) is 0 Å². The third-order valence-corrected chi connectivity index (χ3v) is 3.30. The number of benzene rings is 1. The SMILES string of the molecule is CCC(=O)NCC(=O)N[C@H](C)Cc1ccc(Cl)cc1Cl. The highest BCUT2D eigenvalue weighted by Gasteiger charge is 2.11. The second-order valence-corrected chi connectivity index (χ2v) is 5.38. The minimum atomic E-state index is -0.218. The second-order valence-electron chi connectivity index (χ2n) is 4.54. The van der Waals surface area contributed by atoms with Crippen molar-refractivity contribution in [3.8, 4) is 0 Å². The summed E-state index contributed by atoms with van der Waals surface area (Å²) in [6.45, 7) is 3.61.